The summed E-state index contributed by atoms with van der Waals surface area (Å²) in [6.07, 6.45) is 1.69. The summed E-state index contributed by atoms with van der Waals surface area (Å²) in [5, 5.41) is 4.13. The van der Waals surface area contributed by atoms with Crippen molar-refractivity contribution in [2.75, 3.05) is 0 Å². The van der Waals surface area contributed by atoms with Gasteiger partial charge in [-0.05, 0) is 32.9 Å². The molecule has 0 saturated heterocycles. The molecule has 0 spiro atoms. The Morgan fingerprint density at radius 2 is 1.80 bits per heavy atom. The van der Waals surface area contributed by atoms with E-state index < -0.39 is 10.0 Å². The lowest BCUT2D eigenvalue weighted by molar-refractivity contribution is 0.566. The second-order valence-electron chi connectivity index (χ2n) is 4.96. The molecule has 0 radical (unpaired) electrons. The number of benzene rings is 1. The van der Waals surface area contributed by atoms with Crippen molar-refractivity contribution in [1.82, 2.24) is 14.5 Å². The predicted molar refractivity (Wildman–Crippen MR) is 77.9 cm³/mol. The summed E-state index contributed by atoms with van der Waals surface area (Å²) in [7, 11) is -1.69. The SMILES string of the molecule is Cc1ccc(S(=O)(=O)NC(C)c2cnn(C)c2C)cc1. The van der Waals surface area contributed by atoms with Crippen molar-refractivity contribution in [2.24, 2.45) is 7.05 Å². The molecule has 5 nitrogen and oxygen atoms in total. The van der Waals surface area contributed by atoms with Crippen LogP contribution in [0.3, 0.4) is 0 Å². The Morgan fingerprint density at radius 3 is 2.30 bits per heavy atom. The van der Waals surface area contributed by atoms with Crippen molar-refractivity contribution in [1.29, 1.82) is 0 Å². The first kappa shape index (κ1) is 14.7. The Bertz CT molecular complexity index is 703. The molecular weight excluding hydrogens is 274 g/mol. The molecule has 0 aliphatic heterocycles. The molecule has 0 aliphatic rings. The van der Waals surface area contributed by atoms with Crippen molar-refractivity contribution in [2.45, 2.75) is 31.7 Å². The molecule has 0 aliphatic carbocycles. The summed E-state index contributed by atoms with van der Waals surface area (Å²) < 4.78 is 29.0. The number of aromatic nitrogens is 2. The van der Waals surface area contributed by atoms with E-state index in [4.69, 9.17) is 0 Å². The van der Waals surface area contributed by atoms with Crippen molar-refractivity contribution in [3.63, 3.8) is 0 Å². The van der Waals surface area contributed by atoms with Gasteiger partial charge in [0.05, 0.1) is 11.1 Å². The quantitative estimate of drug-likeness (QED) is 0.938. The van der Waals surface area contributed by atoms with Gasteiger partial charge in [0.25, 0.3) is 0 Å². The molecule has 1 atom stereocenters. The zero-order chi connectivity index (χ0) is 14.9. The van der Waals surface area contributed by atoms with E-state index in [1.807, 2.05) is 27.8 Å². The zero-order valence-electron chi connectivity index (χ0n) is 12.1. The van der Waals surface area contributed by atoms with Crippen LogP contribution in [0.2, 0.25) is 0 Å². The number of aryl methyl sites for hydroxylation is 2. The monoisotopic (exact) mass is 293 g/mol. The topological polar surface area (TPSA) is 64.0 Å². The van der Waals surface area contributed by atoms with Crippen molar-refractivity contribution in [3.8, 4) is 0 Å². The van der Waals surface area contributed by atoms with Gasteiger partial charge in [0.2, 0.25) is 10.0 Å². The van der Waals surface area contributed by atoms with Crippen molar-refractivity contribution < 1.29 is 8.42 Å². The predicted octanol–water partition coefficient (Wildman–Crippen LogP) is 2.08. The fraction of sp³-hybridized carbons (Fsp3) is 0.357. The highest BCUT2D eigenvalue weighted by atomic mass is 32.2. The average molecular weight is 293 g/mol. The van der Waals surface area contributed by atoms with Gasteiger partial charge in [-0.2, -0.15) is 5.10 Å². The van der Waals surface area contributed by atoms with E-state index in [-0.39, 0.29) is 10.9 Å². The molecule has 2 rings (SSSR count). The van der Waals surface area contributed by atoms with Crippen LogP contribution in [0.15, 0.2) is 35.4 Å². The summed E-state index contributed by atoms with van der Waals surface area (Å²) in [5.41, 5.74) is 2.85. The maximum atomic E-state index is 12.3. The van der Waals surface area contributed by atoms with Gasteiger partial charge in [0.1, 0.15) is 0 Å². The Morgan fingerprint density at radius 1 is 1.20 bits per heavy atom. The van der Waals surface area contributed by atoms with E-state index in [2.05, 4.69) is 9.82 Å². The molecule has 108 valence electrons. The first-order chi connectivity index (χ1) is 9.31. The normalized spacial score (nSPS) is 13.4. The van der Waals surface area contributed by atoms with Gasteiger partial charge >= 0.3 is 0 Å². The number of rotatable bonds is 4. The second kappa shape index (κ2) is 5.38. The van der Waals surface area contributed by atoms with Crippen LogP contribution in [0.1, 0.15) is 29.8 Å². The lowest BCUT2D eigenvalue weighted by Gasteiger charge is -2.14. The van der Waals surface area contributed by atoms with Gasteiger partial charge in [-0.1, -0.05) is 17.7 Å². The van der Waals surface area contributed by atoms with E-state index >= 15 is 0 Å². The zero-order valence-corrected chi connectivity index (χ0v) is 12.9. The summed E-state index contributed by atoms with van der Waals surface area (Å²) in [6.45, 7) is 5.65. The number of nitrogens with one attached hydrogen (secondary N) is 1. The van der Waals surface area contributed by atoms with Crippen LogP contribution < -0.4 is 4.72 Å². The summed E-state index contributed by atoms with van der Waals surface area (Å²) in [6, 6.07) is 6.47. The molecule has 1 unspecified atom stereocenters. The third-order valence-electron chi connectivity index (χ3n) is 3.40. The fourth-order valence-electron chi connectivity index (χ4n) is 2.02. The first-order valence-corrected chi connectivity index (χ1v) is 7.87. The van der Waals surface area contributed by atoms with Crippen LogP contribution in [0.25, 0.3) is 0 Å². The largest absolute Gasteiger partial charge is 0.273 e. The van der Waals surface area contributed by atoms with Gasteiger partial charge in [-0.25, -0.2) is 13.1 Å². The molecule has 6 heteroatoms. The maximum absolute atomic E-state index is 12.3. The summed E-state index contributed by atoms with van der Waals surface area (Å²) >= 11 is 0. The third-order valence-corrected chi connectivity index (χ3v) is 4.96. The molecule has 1 N–H and O–H groups in total. The Balaban J connectivity index is 2.24. The first-order valence-electron chi connectivity index (χ1n) is 6.39. The van der Waals surface area contributed by atoms with Crippen molar-refractivity contribution in [3.05, 3.63) is 47.3 Å². The average Bonchev–Trinajstić information content (AvgIpc) is 2.70. The van der Waals surface area contributed by atoms with Gasteiger partial charge in [0.15, 0.2) is 0 Å². The minimum Gasteiger partial charge on any atom is -0.273 e. The molecule has 0 bridgehead atoms. The van der Waals surface area contributed by atoms with Crippen molar-refractivity contribution >= 4 is 10.0 Å². The standard InChI is InChI=1S/C14H19N3O2S/c1-10-5-7-13(8-6-10)20(18,19)16-11(2)14-9-15-17(4)12(14)3/h5-9,11,16H,1-4H3. The number of hydrogen-bond donors (Lipinski definition) is 1. The molecule has 1 aromatic heterocycles. The smallest absolute Gasteiger partial charge is 0.241 e. The van der Waals surface area contributed by atoms with Crippen LogP contribution in [-0.2, 0) is 17.1 Å². The van der Waals surface area contributed by atoms with E-state index in [0.717, 1.165) is 16.8 Å². The number of sulfonamides is 1. The minimum absolute atomic E-state index is 0.275. The lowest BCUT2D eigenvalue weighted by atomic mass is 10.1. The lowest BCUT2D eigenvalue weighted by Crippen LogP contribution is -2.27. The molecule has 20 heavy (non-hydrogen) atoms. The molecule has 1 aromatic carbocycles. The fourth-order valence-corrected chi connectivity index (χ4v) is 3.25. The molecule has 0 fully saturated rings. The van der Waals surface area contributed by atoms with E-state index in [0.29, 0.717) is 0 Å². The van der Waals surface area contributed by atoms with Crippen LogP contribution in [0.4, 0.5) is 0 Å². The third kappa shape index (κ3) is 2.91. The Labute approximate surface area is 119 Å². The highest BCUT2D eigenvalue weighted by Gasteiger charge is 2.20. The number of nitrogens with zero attached hydrogens (tertiary/aromatic N) is 2. The molecule has 0 saturated carbocycles. The van der Waals surface area contributed by atoms with E-state index in [1.165, 1.54) is 0 Å². The van der Waals surface area contributed by atoms with Crippen LogP contribution >= 0.6 is 0 Å². The molecule has 2 aromatic rings. The van der Waals surface area contributed by atoms with E-state index in [9.17, 15) is 8.42 Å². The van der Waals surface area contributed by atoms with Gasteiger partial charge in [-0.15, -0.1) is 0 Å². The Hall–Kier alpha value is -1.66. The molecular formula is C14H19N3O2S. The van der Waals surface area contributed by atoms with Crippen LogP contribution in [0, 0.1) is 13.8 Å². The highest BCUT2D eigenvalue weighted by Crippen LogP contribution is 2.19. The molecule has 1 heterocycles. The van der Waals surface area contributed by atoms with Gasteiger partial charge in [0, 0.05) is 24.3 Å². The molecule has 0 amide bonds. The summed E-state index contributed by atoms with van der Waals surface area (Å²) in [5.74, 6) is 0. The van der Waals surface area contributed by atoms with Crippen LogP contribution in [0.5, 0.6) is 0 Å². The van der Waals surface area contributed by atoms with Gasteiger partial charge in [-0.3, -0.25) is 4.68 Å². The van der Waals surface area contributed by atoms with Gasteiger partial charge < -0.3 is 0 Å². The second-order valence-corrected chi connectivity index (χ2v) is 6.68. The summed E-state index contributed by atoms with van der Waals surface area (Å²) in [4.78, 5) is 0.275. The Kier molecular flexibility index (Phi) is 3.96. The number of hydrogen-bond acceptors (Lipinski definition) is 3. The van der Waals surface area contributed by atoms with Crippen LogP contribution in [-0.4, -0.2) is 18.2 Å². The van der Waals surface area contributed by atoms with E-state index in [1.54, 1.807) is 35.1 Å². The minimum atomic E-state index is -3.52. The highest BCUT2D eigenvalue weighted by molar-refractivity contribution is 7.89. The maximum Gasteiger partial charge on any atom is 0.241 e.